The Morgan fingerprint density at radius 3 is 2.15 bits per heavy atom. The van der Waals surface area contributed by atoms with Crippen LogP contribution in [0.1, 0.15) is 65.6 Å². The van der Waals surface area contributed by atoms with Gasteiger partial charge in [-0.3, -0.25) is 0 Å². The third-order valence-electron chi connectivity index (χ3n) is 5.48. The zero-order chi connectivity index (χ0) is 25.6. The Balaban J connectivity index is 2.22. The Hall–Kier alpha value is -2.03. The fraction of sp³-hybridized carbons (Fsp3) is 0.462. The van der Waals surface area contributed by atoms with Crippen LogP contribution in [0.25, 0.3) is 22.0 Å². The molecule has 1 unspecified atom stereocenters. The second-order valence-corrected chi connectivity index (χ2v) is 12.9. The molecule has 1 aromatic heterocycles. The zero-order valence-corrected chi connectivity index (χ0v) is 21.4. The predicted octanol–water partition coefficient (Wildman–Crippen LogP) is 7.63. The molecule has 0 spiro atoms. The van der Waals surface area contributed by atoms with Gasteiger partial charge in [-0.15, -0.1) is 4.72 Å². The van der Waals surface area contributed by atoms with Gasteiger partial charge in [0.25, 0.3) is 0 Å². The molecule has 3 rings (SSSR count). The number of halogens is 4. The topological polar surface area (TPSA) is 40.0 Å². The number of hydrogen-bond acceptors (Lipinski definition) is 2. The summed E-state index contributed by atoms with van der Waals surface area (Å²) >= 11 is -1.35. The van der Waals surface area contributed by atoms with Crippen molar-refractivity contribution in [2.45, 2.75) is 72.0 Å². The first-order valence-corrected chi connectivity index (χ1v) is 12.3. The summed E-state index contributed by atoms with van der Waals surface area (Å²) in [6.07, 6.45) is -2.79. The first kappa shape index (κ1) is 26.6. The van der Waals surface area contributed by atoms with Crippen LogP contribution in [-0.4, -0.2) is 13.9 Å². The van der Waals surface area contributed by atoms with E-state index in [0.717, 1.165) is 11.6 Å². The summed E-state index contributed by atoms with van der Waals surface area (Å²) in [5.74, 6) is -0.700. The van der Waals surface area contributed by atoms with E-state index in [9.17, 15) is 17.7 Å². The number of benzene rings is 2. The maximum absolute atomic E-state index is 16.0. The van der Waals surface area contributed by atoms with Gasteiger partial charge in [0.15, 0.2) is 5.82 Å². The fourth-order valence-electron chi connectivity index (χ4n) is 3.94. The lowest BCUT2D eigenvalue weighted by atomic mass is 9.95. The van der Waals surface area contributed by atoms with Crippen LogP contribution in [0.5, 0.6) is 0 Å². The molecule has 0 aliphatic carbocycles. The van der Waals surface area contributed by atoms with Crippen molar-refractivity contribution in [2.24, 2.45) is 5.41 Å². The third-order valence-corrected chi connectivity index (χ3v) is 7.16. The summed E-state index contributed by atoms with van der Waals surface area (Å²) in [4.78, 5) is 0. The van der Waals surface area contributed by atoms with Gasteiger partial charge >= 0.3 is 6.18 Å². The Morgan fingerprint density at radius 1 is 0.971 bits per heavy atom. The van der Waals surface area contributed by atoms with Crippen LogP contribution < -0.4 is 4.72 Å². The second-order valence-electron chi connectivity index (χ2n) is 10.9. The van der Waals surface area contributed by atoms with E-state index in [4.69, 9.17) is 0 Å². The largest absolute Gasteiger partial charge is 0.598 e. The molecule has 34 heavy (non-hydrogen) atoms. The molecule has 0 saturated heterocycles. The number of rotatable bonds is 5. The minimum Gasteiger partial charge on any atom is -0.598 e. The molecule has 3 nitrogen and oxygen atoms in total. The molecular formula is C26H32F4N2OS. The smallest absolute Gasteiger partial charge is 0.417 e. The van der Waals surface area contributed by atoms with Gasteiger partial charge in [0, 0.05) is 35.1 Å². The Labute approximate surface area is 201 Å². The average Bonchev–Trinajstić information content (AvgIpc) is 3.04. The maximum atomic E-state index is 16.0. The van der Waals surface area contributed by atoms with Gasteiger partial charge in [-0.05, 0) is 50.3 Å². The highest BCUT2D eigenvalue weighted by Crippen LogP contribution is 2.41. The molecule has 0 saturated carbocycles. The lowest BCUT2D eigenvalue weighted by Crippen LogP contribution is -2.40. The highest BCUT2D eigenvalue weighted by Gasteiger charge is 2.35. The van der Waals surface area contributed by atoms with E-state index in [1.807, 2.05) is 54.7 Å². The molecule has 186 valence electrons. The minimum absolute atomic E-state index is 0.0980. The lowest BCUT2D eigenvalue weighted by molar-refractivity contribution is -0.137. The molecule has 0 radical (unpaired) electrons. The normalized spacial score (nSPS) is 15.1. The van der Waals surface area contributed by atoms with Crippen LogP contribution >= 0.6 is 0 Å². The van der Waals surface area contributed by atoms with Crippen LogP contribution in [0, 0.1) is 11.2 Å². The first-order chi connectivity index (χ1) is 15.5. The molecule has 1 N–H and O–H groups in total. The van der Waals surface area contributed by atoms with Crippen molar-refractivity contribution in [3.8, 4) is 11.1 Å². The van der Waals surface area contributed by atoms with Crippen LogP contribution in [-0.2, 0) is 24.1 Å². The molecule has 0 aliphatic heterocycles. The van der Waals surface area contributed by atoms with E-state index in [-0.39, 0.29) is 28.1 Å². The minimum atomic E-state index is -4.61. The second kappa shape index (κ2) is 9.21. The monoisotopic (exact) mass is 496 g/mol. The molecule has 3 aromatic rings. The van der Waals surface area contributed by atoms with E-state index in [2.05, 4.69) is 4.72 Å². The number of nitrogens with zero attached hydrogens (tertiary/aromatic N) is 1. The van der Waals surface area contributed by atoms with Gasteiger partial charge in [-0.1, -0.05) is 51.1 Å². The van der Waals surface area contributed by atoms with Gasteiger partial charge in [-0.25, -0.2) is 4.39 Å². The molecule has 1 heterocycles. The van der Waals surface area contributed by atoms with Gasteiger partial charge in [0.05, 0.1) is 17.1 Å². The summed E-state index contributed by atoms with van der Waals surface area (Å²) in [5.41, 5.74) is -0.391. The number of aromatic nitrogens is 1. The highest BCUT2D eigenvalue weighted by atomic mass is 32.2. The molecular weight excluding hydrogens is 464 g/mol. The number of alkyl halides is 3. The van der Waals surface area contributed by atoms with Crippen molar-refractivity contribution >= 4 is 22.3 Å². The van der Waals surface area contributed by atoms with Crippen molar-refractivity contribution in [1.82, 2.24) is 9.29 Å². The predicted molar refractivity (Wildman–Crippen MR) is 131 cm³/mol. The molecule has 0 bridgehead atoms. The first-order valence-electron chi connectivity index (χ1n) is 11.2. The standard InChI is InChI=1S/C26H32F4N2OS/c1-16(31-34(33)25(5,6)7)20-14-32(15-24(2,3)4)23-19(20)13-12-18(22(23)27)17-10-8-9-11-21(17)26(28,29)30/h8-14,16,31H,15H2,1-7H3/t16-,34?/m1/s1. The van der Waals surface area contributed by atoms with E-state index in [1.165, 1.54) is 24.3 Å². The number of fused-ring (bicyclic) bond motifs is 1. The van der Waals surface area contributed by atoms with E-state index >= 15 is 4.39 Å². The van der Waals surface area contributed by atoms with E-state index in [1.54, 1.807) is 10.6 Å². The quantitative estimate of drug-likeness (QED) is 0.291. The Morgan fingerprint density at radius 2 is 1.59 bits per heavy atom. The average molecular weight is 497 g/mol. The molecule has 0 aliphatic rings. The van der Waals surface area contributed by atoms with Gasteiger partial charge in [-0.2, -0.15) is 13.2 Å². The maximum Gasteiger partial charge on any atom is 0.417 e. The Kier molecular flexibility index (Phi) is 7.19. The SMILES string of the molecule is C[C@@H](N[S+]([O-])C(C)(C)C)c1cn(CC(C)(C)C)c2c(F)c(-c3ccccc3C(F)(F)F)ccc12. The van der Waals surface area contributed by atoms with Crippen molar-refractivity contribution in [1.29, 1.82) is 0 Å². The van der Waals surface area contributed by atoms with Gasteiger partial charge in [0.1, 0.15) is 4.75 Å². The highest BCUT2D eigenvalue weighted by molar-refractivity contribution is 7.90. The summed E-state index contributed by atoms with van der Waals surface area (Å²) in [5, 5.41) is 0.584. The van der Waals surface area contributed by atoms with Crippen molar-refractivity contribution in [3.05, 3.63) is 59.5 Å². The summed E-state index contributed by atoms with van der Waals surface area (Å²) in [6.45, 7) is 13.9. The summed E-state index contributed by atoms with van der Waals surface area (Å²) in [7, 11) is 0. The van der Waals surface area contributed by atoms with Crippen molar-refractivity contribution < 1.29 is 22.1 Å². The molecule has 0 fully saturated rings. The number of nitrogens with one attached hydrogen (secondary N) is 1. The van der Waals surface area contributed by atoms with Gasteiger partial charge < -0.3 is 9.12 Å². The van der Waals surface area contributed by atoms with E-state index in [0.29, 0.717) is 11.9 Å². The number of hydrogen-bond donors (Lipinski definition) is 1. The van der Waals surface area contributed by atoms with Crippen LogP contribution in [0.2, 0.25) is 0 Å². The van der Waals surface area contributed by atoms with Gasteiger partial charge in [0.2, 0.25) is 0 Å². The summed E-state index contributed by atoms with van der Waals surface area (Å²) in [6, 6.07) is 7.73. The third kappa shape index (κ3) is 5.61. The Bertz CT molecular complexity index is 1170. The zero-order valence-electron chi connectivity index (χ0n) is 20.6. The van der Waals surface area contributed by atoms with Crippen LogP contribution in [0.15, 0.2) is 42.6 Å². The lowest BCUT2D eigenvalue weighted by Gasteiger charge is -2.26. The van der Waals surface area contributed by atoms with Crippen molar-refractivity contribution in [2.75, 3.05) is 0 Å². The van der Waals surface area contributed by atoms with Crippen molar-refractivity contribution in [3.63, 3.8) is 0 Å². The molecule has 0 amide bonds. The van der Waals surface area contributed by atoms with E-state index < -0.39 is 33.7 Å². The molecule has 8 heteroatoms. The van der Waals surface area contributed by atoms with Crippen LogP contribution in [0.3, 0.4) is 0 Å². The van der Waals surface area contributed by atoms with Crippen LogP contribution in [0.4, 0.5) is 17.6 Å². The molecule has 2 atom stereocenters. The summed E-state index contributed by atoms with van der Waals surface area (Å²) < 4.78 is 74.0. The fourth-order valence-corrected chi connectivity index (χ4v) is 4.74. The molecule has 2 aromatic carbocycles.